The Labute approximate surface area is 267 Å². The number of hydrogen-bond acceptors (Lipinski definition) is 10. The van der Waals surface area contributed by atoms with Crippen LogP contribution in [0.4, 0.5) is 17.3 Å². The van der Waals surface area contributed by atoms with E-state index in [4.69, 9.17) is 4.98 Å². The van der Waals surface area contributed by atoms with E-state index in [-0.39, 0.29) is 23.4 Å². The molecule has 1 aliphatic carbocycles. The van der Waals surface area contributed by atoms with Crippen LogP contribution in [0.25, 0.3) is 5.65 Å². The van der Waals surface area contributed by atoms with Crippen LogP contribution in [0.3, 0.4) is 0 Å². The Hall–Kier alpha value is -4.95. The third-order valence-corrected chi connectivity index (χ3v) is 9.86. The Bertz CT molecular complexity index is 1800. The van der Waals surface area contributed by atoms with Gasteiger partial charge in [0.25, 0.3) is 0 Å². The van der Waals surface area contributed by atoms with Gasteiger partial charge in [-0.15, -0.1) is 5.10 Å². The summed E-state index contributed by atoms with van der Waals surface area (Å²) in [5.74, 6) is 0.474. The Balaban J connectivity index is 0.954. The van der Waals surface area contributed by atoms with Gasteiger partial charge >= 0.3 is 0 Å². The first-order valence-electron chi connectivity index (χ1n) is 16.0. The molecule has 0 atom stereocenters. The second-order valence-corrected chi connectivity index (χ2v) is 13.1. The molecule has 14 heteroatoms. The molecule has 14 nitrogen and oxygen atoms in total. The number of amides is 1. The van der Waals surface area contributed by atoms with Crippen LogP contribution in [-0.2, 0) is 23.3 Å². The van der Waals surface area contributed by atoms with E-state index in [1.165, 1.54) is 0 Å². The number of rotatable bonds is 11. The lowest BCUT2D eigenvalue weighted by Gasteiger charge is -2.50. The first-order valence-corrected chi connectivity index (χ1v) is 16.0. The van der Waals surface area contributed by atoms with Crippen molar-refractivity contribution < 1.29 is 4.79 Å². The summed E-state index contributed by atoms with van der Waals surface area (Å²) in [5.41, 5.74) is 2.98. The molecule has 0 radical (unpaired) electrons. The zero-order chi connectivity index (χ0) is 31.9. The number of hydrogen-bond donors (Lipinski definition) is 1. The monoisotopic (exact) mass is 621 g/mol. The number of aromatic nitrogens is 7. The Morgan fingerprint density at radius 2 is 1.96 bits per heavy atom. The number of fused-ring (bicyclic) bond motifs is 1. The van der Waals surface area contributed by atoms with Gasteiger partial charge in [-0.25, -0.2) is 4.52 Å². The SMILES string of the molecule is CCc1cnn(C2(CC#N)CN(c3cccn4nc(Nc5cnn(CC(=O)N6CCC(N(C)CC7(C#N)CC7)CC6)c5)nc34)C2)c1. The summed E-state index contributed by atoms with van der Waals surface area (Å²) in [6.07, 6.45) is 14.3. The van der Waals surface area contributed by atoms with Crippen LogP contribution in [0.5, 0.6) is 0 Å². The molecule has 2 saturated heterocycles. The maximum atomic E-state index is 13.1. The lowest BCUT2D eigenvalue weighted by molar-refractivity contribution is -0.133. The second kappa shape index (κ2) is 11.8. The predicted molar refractivity (Wildman–Crippen MR) is 170 cm³/mol. The number of nitrogens with zero attached hydrogens (tertiary/aromatic N) is 12. The van der Waals surface area contributed by atoms with Crippen LogP contribution in [0, 0.1) is 28.1 Å². The van der Waals surface area contributed by atoms with Crippen LogP contribution >= 0.6 is 0 Å². The largest absolute Gasteiger partial charge is 0.363 e. The summed E-state index contributed by atoms with van der Waals surface area (Å²) in [7, 11) is 2.10. The van der Waals surface area contributed by atoms with Crippen molar-refractivity contribution in [2.24, 2.45) is 5.41 Å². The van der Waals surface area contributed by atoms with E-state index in [0.717, 1.165) is 49.9 Å². The van der Waals surface area contributed by atoms with Crippen molar-refractivity contribution in [3.05, 3.63) is 48.7 Å². The lowest BCUT2D eigenvalue weighted by atomic mass is 9.86. The third kappa shape index (κ3) is 5.65. The molecule has 0 aromatic carbocycles. The van der Waals surface area contributed by atoms with Gasteiger partial charge in [-0.05, 0) is 56.8 Å². The fraction of sp³-hybridized carbons (Fsp3) is 0.531. The molecule has 4 aromatic rings. The van der Waals surface area contributed by atoms with E-state index >= 15 is 0 Å². The van der Waals surface area contributed by atoms with Gasteiger partial charge in [0.05, 0.1) is 47.7 Å². The number of likely N-dealkylation sites (tertiary alicyclic amines) is 1. The number of carbonyl (C=O) groups excluding carboxylic acids is 1. The molecule has 2 aliphatic heterocycles. The van der Waals surface area contributed by atoms with Gasteiger partial charge in [0.2, 0.25) is 11.9 Å². The predicted octanol–water partition coefficient (Wildman–Crippen LogP) is 2.78. The molecule has 3 aliphatic rings. The summed E-state index contributed by atoms with van der Waals surface area (Å²) < 4.78 is 5.33. The van der Waals surface area contributed by atoms with E-state index in [1.807, 2.05) is 40.3 Å². The maximum absolute atomic E-state index is 13.1. The lowest BCUT2D eigenvalue weighted by Crippen LogP contribution is -2.63. The number of pyridine rings is 1. The molecule has 238 valence electrons. The van der Waals surface area contributed by atoms with E-state index in [0.29, 0.717) is 55.9 Å². The summed E-state index contributed by atoms with van der Waals surface area (Å²) in [4.78, 5) is 24.3. The van der Waals surface area contributed by atoms with E-state index in [2.05, 4.69) is 56.5 Å². The van der Waals surface area contributed by atoms with Gasteiger partial charge in [0.1, 0.15) is 12.1 Å². The summed E-state index contributed by atoms with van der Waals surface area (Å²) in [6, 6.07) is 9.20. The van der Waals surface area contributed by atoms with Crippen LogP contribution < -0.4 is 10.2 Å². The number of nitriles is 2. The van der Waals surface area contributed by atoms with E-state index < -0.39 is 0 Å². The van der Waals surface area contributed by atoms with E-state index in [1.54, 1.807) is 21.6 Å². The molecule has 46 heavy (non-hydrogen) atoms. The van der Waals surface area contributed by atoms with Crippen LogP contribution in [0.15, 0.2) is 43.1 Å². The normalized spacial score (nSPS) is 18.7. The van der Waals surface area contributed by atoms with Crippen molar-refractivity contribution in [3.63, 3.8) is 0 Å². The minimum absolute atomic E-state index is 0.0463. The topological polar surface area (TPSA) is 152 Å². The highest BCUT2D eigenvalue weighted by Gasteiger charge is 2.47. The molecule has 0 bridgehead atoms. The standard InChI is InChI=1S/C32H39N13O/c1-3-24-15-36-45(17-24)32(10-11-33)22-42(23-32)27-5-4-12-44-29(27)38-30(39-44)37-25-16-35-43(18-25)19-28(46)41-13-6-26(7-14-41)40(2)21-31(20-34)8-9-31/h4-5,12,15-18,26H,3,6-10,13-14,19,21-23H2,1-2H3,(H,37,39). The highest BCUT2D eigenvalue weighted by Crippen LogP contribution is 2.45. The number of nitrogens with one attached hydrogen (secondary N) is 1. The van der Waals surface area contributed by atoms with Gasteiger partial charge in [-0.3, -0.25) is 14.2 Å². The van der Waals surface area contributed by atoms with Crippen molar-refractivity contribution in [1.82, 2.24) is 44.0 Å². The molecule has 0 spiro atoms. The van der Waals surface area contributed by atoms with Crippen LogP contribution in [0.1, 0.15) is 44.6 Å². The maximum Gasteiger partial charge on any atom is 0.247 e. The Kier molecular flexibility index (Phi) is 7.61. The number of aryl methyl sites for hydroxylation is 1. The molecular formula is C32H39N13O. The van der Waals surface area contributed by atoms with E-state index in [9.17, 15) is 15.3 Å². The summed E-state index contributed by atoms with van der Waals surface area (Å²) in [5, 5.41) is 35.8. The first-order chi connectivity index (χ1) is 22.3. The molecule has 0 unspecified atom stereocenters. The zero-order valence-electron chi connectivity index (χ0n) is 26.4. The molecule has 6 heterocycles. The summed E-state index contributed by atoms with van der Waals surface area (Å²) in [6.45, 7) is 5.81. The van der Waals surface area contributed by atoms with Crippen molar-refractivity contribution in [1.29, 1.82) is 10.5 Å². The van der Waals surface area contributed by atoms with Crippen molar-refractivity contribution in [2.45, 2.75) is 63.6 Å². The number of carbonyl (C=O) groups is 1. The Morgan fingerprint density at radius 1 is 1.15 bits per heavy atom. The quantitative estimate of drug-likeness (QED) is 0.265. The zero-order valence-corrected chi connectivity index (χ0v) is 26.4. The van der Waals surface area contributed by atoms with Gasteiger partial charge < -0.3 is 20.0 Å². The highest BCUT2D eigenvalue weighted by molar-refractivity contribution is 5.76. The van der Waals surface area contributed by atoms with Gasteiger partial charge in [-0.2, -0.15) is 25.7 Å². The number of piperidine rings is 1. The van der Waals surface area contributed by atoms with Crippen molar-refractivity contribution in [3.8, 4) is 12.1 Å². The second-order valence-electron chi connectivity index (χ2n) is 13.1. The van der Waals surface area contributed by atoms with Crippen LogP contribution in [0.2, 0.25) is 0 Å². The summed E-state index contributed by atoms with van der Waals surface area (Å²) >= 11 is 0. The smallest absolute Gasteiger partial charge is 0.247 e. The average molecular weight is 622 g/mol. The molecule has 3 fully saturated rings. The minimum atomic E-state index is -0.369. The van der Waals surface area contributed by atoms with Crippen molar-refractivity contribution >= 4 is 28.9 Å². The third-order valence-electron chi connectivity index (χ3n) is 9.86. The van der Waals surface area contributed by atoms with Gasteiger partial charge in [0, 0.05) is 57.4 Å². The molecule has 7 rings (SSSR count). The average Bonchev–Trinajstić information content (AvgIpc) is 3.37. The van der Waals surface area contributed by atoms with Crippen molar-refractivity contribution in [2.75, 3.05) is 50.0 Å². The molecular weight excluding hydrogens is 582 g/mol. The van der Waals surface area contributed by atoms with Gasteiger partial charge in [0.15, 0.2) is 5.65 Å². The molecule has 1 amide bonds. The fourth-order valence-corrected chi connectivity index (χ4v) is 6.81. The van der Waals surface area contributed by atoms with Gasteiger partial charge in [-0.1, -0.05) is 6.92 Å². The van der Waals surface area contributed by atoms with Crippen LogP contribution in [-0.4, -0.2) is 95.7 Å². The molecule has 1 saturated carbocycles. The fourth-order valence-electron chi connectivity index (χ4n) is 6.81. The number of anilines is 3. The first kappa shape index (κ1) is 29.7. The Morgan fingerprint density at radius 3 is 2.65 bits per heavy atom. The molecule has 1 N–H and O–H groups in total. The highest BCUT2D eigenvalue weighted by atomic mass is 16.2. The molecule has 4 aromatic heterocycles. The minimum Gasteiger partial charge on any atom is -0.363 e.